The van der Waals surface area contributed by atoms with E-state index in [0.717, 1.165) is 43.4 Å². The second kappa shape index (κ2) is 15.0. The molecule has 1 aromatic heterocycles. The summed E-state index contributed by atoms with van der Waals surface area (Å²) in [6, 6.07) is 14.5. The average molecular weight is 525 g/mol. The van der Waals surface area contributed by atoms with Gasteiger partial charge in [-0.25, -0.2) is 4.98 Å². The zero-order valence-corrected chi connectivity index (χ0v) is 20.9. The lowest BCUT2D eigenvalue weighted by Gasteiger charge is -2.19. The third-order valence-electron chi connectivity index (χ3n) is 4.83. The van der Waals surface area contributed by atoms with Crippen molar-refractivity contribution in [1.29, 1.82) is 0 Å². The number of halogens is 1. The first-order chi connectivity index (χ1) is 14.2. The van der Waals surface area contributed by atoms with Gasteiger partial charge in [-0.15, -0.1) is 24.0 Å². The summed E-state index contributed by atoms with van der Waals surface area (Å²) in [5.41, 5.74) is 2.34. The van der Waals surface area contributed by atoms with Crippen molar-refractivity contribution in [3.8, 4) is 0 Å². The molecule has 7 heteroatoms. The van der Waals surface area contributed by atoms with Crippen LogP contribution < -0.4 is 15.5 Å². The Bertz CT molecular complexity index is 720. The van der Waals surface area contributed by atoms with Crippen LogP contribution in [0.4, 0.5) is 5.82 Å². The molecule has 6 nitrogen and oxygen atoms in total. The molecule has 30 heavy (non-hydrogen) atoms. The minimum absolute atomic E-state index is 0. The zero-order valence-electron chi connectivity index (χ0n) is 18.6. The smallest absolute Gasteiger partial charge is 0.191 e. The van der Waals surface area contributed by atoms with Crippen LogP contribution in [0.25, 0.3) is 0 Å². The molecule has 0 aliphatic carbocycles. The summed E-state index contributed by atoms with van der Waals surface area (Å²) in [5.74, 6) is 1.81. The van der Waals surface area contributed by atoms with E-state index in [2.05, 4.69) is 70.5 Å². The van der Waals surface area contributed by atoms with Gasteiger partial charge in [0.1, 0.15) is 5.82 Å². The van der Waals surface area contributed by atoms with Crippen LogP contribution in [0.2, 0.25) is 0 Å². The second-order valence-corrected chi connectivity index (χ2v) is 6.83. The number of anilines is 1. The molecule has 2 N–H and O–H groups in total. The van der Waals surface area contributed by atoms with Crippen molar-refractivity contribution in [3.63, 3.8) is 0 Å². The number of guanidine groups is 1. The number of hydrogen-bond acceptors (Lipinski definition) is 4. The average Bonchev–Trinajstić information content (AvgIpc) is 2.77. The summed E-state index contributed by atoms with van der Waals surface area (Å²) >= 11 is 0. The number of aromatic nitrogens is 1. The number of nitrogens with zero attached hydrogens (tertiary/aromatic N) is 3. The van der Waals surface area contributed by atoms with Gasteiger partial charge >= 0.3 is 0 Å². The molecule has 0 saturated heterocycles. The van der Waals surface area contributed by atoms with E-state index in [-0.39, 0.29) is 30.1 Å². The van der Waals surface area contributed by atoms with Gasteiger partial charge in [0.15, 0.2) is 5.96 Å². The van der Waals surface area contributed by atoms with Crippen molar-refractivity contribution in [1.82, 2.24) is 15.6 Å². The van der Waals surface area contributed by atoms with Crippen LogP contribution in [0.5, 0.6) is 0 Å². The van der Waals surface area contributed by atoms with Crippen molar-refractivity contribution in [3.05, 3.63) is 59.8 Å². The third-order valence-corrected chi connectivity index (χ3v) is 4.83. The highest BCUT2D eigenvalue weighted by molar-refractivity contribution is 14.0. The molecule has 0 aliphatic heterocycles. The summed E-state index contributed by atoms with van der Waals surface area (Å²) in [4.78, 5) is 11.1. The molecule has 0 radical (unpaired) electrons. The molecule has 1 aromatic carbocycles. The number of aliphatic imine (C=N–C) groups is 1. The Hall–Kier alpha value is -1.87. The molecule has 0 bridgehead atoms. The fourth-order valence-corrected chi connectivity index (χ4v) is 3.02. The fourth-order valence-electron chi connectivity index (χ4n) is 3.02. The highest BCUT2D eigenvalue weighted by Gasteiger charge is 2.05. The SMILES string of the molecule is CCN(CC)c1ccc(CNC(=NC)NCCCOC(C)c2ccccc2)cn1.I. The Labute approximate surface area is 198 Å². The van der Waals surface area contributed by atoms with E-state index >= 15 is 0 Å². The summed E-state index contributed by atoms with van der Waals surface area (Å²) in [6.07, 6.45) is 2.95. The summed E-state index contributed by atoms with van der Waals surface area (Å²) < 4.78 is 5.91. The van der Waals surface area contributed by atoms with Crippen LogP contribution in [0.1, 0.15) is 44.4 Å². The van der Waals surface area contributed by atoms with E-state index in [1.807, 2.05) is 24.4 Å². The van der Waals surface area contributed by atoms with Gasteiger partial charge in [0, 0.05) is 46.0 Å². The number of benzene rings is 1. The second-order valence-electron chi connectivity index (χ2n) is 6.83. The predicted octanol–water partition coefficient (Wildman–Crippen LogP) is 4.38. The summed E-state index contributed by atoms with van der Waals surface area (Å²) in [6.45, 7) is 10.5. The van der Waals surface area contributed by atoms with Crippen molar-refractivity contribution < 1.29 is 4.74 Å². The number of pyridine rings is 1. The quantitative estimate of drug-likeness (QED) is 0.197. The lowest BCUT2D eigenvalue weighted by atomic mass is 10.1. The van der Waals surface area contributed by atoms with Crippen molar-refractivity contribution in [2.75, 3.05) is 38.2 Å². The number of ether oxygens (including phenoxy) is 1. The van der Waals surface area contributed by atoms with Crippen LogP contribution >= 0.6 is 24.0 Å². The monoisotopic (exact) mass is 525 g/mol. The van der Waals surface area contributed by atoms with E-state index in [9.17, 15) is 0 Å². The normalized spacial score (nSPS) is 12.1. The minimum Gasteiger partial charge on any atom is -0.374 e. The molecule has 2 rings (SSSR count). The maximum absolute atomic E-state index is 5.91. The Balaban J connectivity index is 0.00000450. The Morgan fingerprint density at radius 3 is 2.43 bits per heavy atom. The highest BCUT2D eigenvalue weighted by atomic mass is 127. The van der Waals surface area contributed by atoms with E-state index < -0.39 is 0 Å². The Kier molecular flexibility index (Phi) is 13.1. The van der Waals surface area contributed by atoms with Gasteiger partial charge in [0.25, 0.3) is 0 Å². The van der Waals surface area contributed by atoms with Gasteiger partial charge < -0.3 is 20.3 Å². The van der Waals surface area contributed by atoms with Crippen LogP contribution in [0, 0.1) is 0 Å². The zero-order chi connectivity index (χ0) is 20.9. The molecule has 1 atom stereocenters. The predicted molar refractivity (Wildman–Crippen MR) is 137 cm³/mol. The van der Waals surface area contributed by atoms with E-state index in [1.165, 1.54) is 5.56 Å². The van der Waals surface area contributed by atoms with Gasteiger partial charge in [-0.05, 0) is 44.4 Å². The van der Waals surface area contributed by atoms with Crippen LogP contribution in [-0.2, 0) is 11.3 Å². The number of nitrogens with one attached hydrogen (secondary N) is 2. The van der Waals surface area contributed by atoms with Crippen LogP contribution in [0.15, 0.2) is 53.7 Å². The molecule has 1 unspecified atom stereocenters. The maximum atomic E-state index is 5.91. The van der Waals surface area contributed by atoms with E-state index in [0.29, 0.717) is 13.2 Å². The number of hydrogen-bond donors (Lipinski definition) is 2. The standard InChI is InChI=1S/C23H35N5O.HI/c1-5-28(6-2)22-14-13-20(17-26-22)18-27-23(24-4)25-15-10-16-29-19(3)21-11-8-7-9-12-21;/h7-9,11-14,17,19H,5-6,10,15-16,18H2,1-4H3,(H2,24,25,27);1H. The molecule has 166 valence electrons. The van der Waals surface area contributed by atoms with Crippen LogP contribution in [0.3, 0.4) is 0 Å². The van der Waals surface area contributed by atoms with Crippen LogP contribution in [-0.4, -0.2) is 44.2 Å². The highest BCUT2D eigenvalue weighted by Crippen LogP contribution is 2.15. The topological polar surface area (TPSA) is 61.8 Å². The molecule has 0 spiro atoms. The summed E-state index contributed by atoms with van der Waals surface area (Å²) in [7, 11) is 1.78. The van der Waals surface area contributed by atoms with Crippen molar-refractivity contribution in [2.24, 2.45) is 4.99 Å². The first-order valence-corrected chi connectivity index (χ1v) is 10.5. The van der Waals surface area contributed by atoms with Gasteiger partial charge in [0.2, 0.25) is 0 Å². The molecule has 0 fully saturated rings. The molecular formula is C23H36IN5O. The fraction of sp³-hybridized carbons (Fsp3) is 0.478. The molecular weight excluding hydrogens is 489 g/mol. The van der Waals surface area contributed by atoms with Gasteiger partial charge in [-0.3, -0.25) is 4.99 Å². The molecule has 1 heterocycles. The van der Waals surface area contributed by atoms with E-state index in [4.69, 9.17) is 4.74 Å². The first kappa shape index (κ1) is 26.2. The van der Waals surface area contributed by atoms with Gasteiger partial charge in [-0.2, -0.15) is 0 Å². The molecule has 2 aromatic rings. The Morgan fingerprint density at radius 1 is 1.10 bits per heavy atom. The van der Waals surface area contributed by atoms with Gasteiger partial charge in [-0.1, -0.05) is 36.4 Å². The summed E-state index contributed by atoms with van der Waals surface area (Å²) in [5, 5.41) is 6.66. The third kappa shape index (κ3) is 8.87. The molecule has 0 amide bonds. The largest absolute Gasteiger partial charge is 0.374 e. The Morgan fingerprint density at radius 2 is 1.83 bits per heavy atom. The van der Waals surface area contributed by atoms with Crippen molar-refractivity contribution in [2.45, 2.75) is 39.8 Å². The van der Waals surface area contributed by atoms with Gasteiger partial charge in [0.05, 0.1) is 6.10 Å². The maximum Gasteiger partial charge on any atom is 0.191 e. The lowest BCUT2D eigenvalue weighted by Crippen LogP contribution is -2.37. The van der Waals surface area contributed by atoms with E-state index in [1.54, 1.807) is 7.05 Å². The van der Waals surface area contributed by atoms with Crippen molar-refractivity contribution >= 4 is 35.8 Å². The minimum atomic E-state index is 0. The molecule has 0 saturated carbocycles. The molecule has 0 aliphatic rings. The number of rotatable bonds is 11. The first-order valence-electron chi connectivity index (χ1n) is 10.5. The lowest BCUT2D eigenvalue weighted by molar-refractivity contribution is 0.0646.